The lowest BCUT2D eigenvalue weighted by molar-refractivity contribution is -0.136. The molecule has 0 aliphatic carbocycles. The number of carbonyl (C=O) groups is 1. The van der Waals surface area contributed by atoms with Gasteiger partial charge in [-0.15, -0.1) is 24.8 Å². The number of piperidine rings is 1. The average molecular weight is 358 g/mol. The van der Waals surface area contributed by atoms with Crippen LogP contribution < -0.4 is 10.6 Å². The molecule has 0 radical (unpaired) electrons. The third kappa shape index (κ3) is 6.18. The maximum absolute atomic E-state index is 12.5. The van der Waals surface area contributed by atoms with E-state index >= 15 is 0 Å². The van der Waals surface area contributed by atoms with Crippen LogP contribution in [0.15, 0.2) is 0 Å². The predicted molar refractivity (Wildman–Crippen MR) is 91.2 cm³/mol. The fourth-order valence-corrected chi connectivity index (χ4v) is 2.96. The first-order chi connectivity index (χ1) is 9.77. The Kier molecular flexibility index (Phi) is 11.4. The number of nitrogens with one attached hydrogen (secondary N) is 2. The summed E-state index contributed by atoms with van der Waals surface area (Å²) in [5.74, 6) is 0.147. The maximum atomic E-state index is 12.5. The van der Waals surface area contributed by atoms with Crippen LogP contribution in [-0.4, -0.2) is 77.0 Å². The second-order valence-electron chi connectivity index (χ2n) is 5.67. The summed E-state index contributed by atoms with van der Waals surface area (Å²) < 4.78 is 10.6. The third-order valence-electron chi connectivity index (χ3n) is 4.28. The van der Waals surface area contributed by atoms with E-state index < -0.39 is 0 Å². The van der Waals surface area contributed by atoms with E-state index in [1.165, 1.54) is 0 Å². The van der Waals surface area contributed by atoms with E-state index in [1.807, 2.05) is 0 Å². The van der Waals surface area contributed by atoms with Gasteiger partial charge in [0.15, 0.2) is 0 Å². The molecule has 2 N–H and O–H groups in total. The van der Waals surface area contributed by atoms with Crippen molar-refractivity contribution < 1.29 is 14.3 Å². The molecule has 0 saturated carbocycles. The Balaban J connectivity index is 0.00000220. The van der Waals surface area contributed by atoms with Crippen molar-refractivity contribution in [2.24, 2.45) is 5.41 Å². The summed E-state index contributed by atoms with van der Waals surface area (Å²) in [4.78, 5) is 14.8. The number of halogens is 2. The number of morpholine rings is 1. The van der Waals surface area contributed by atoms with E-state index in [2.05, 4.69) is 15.5 Å². The molecule has 2 aliphatic rings. The predicted octanol–water partition coefficient (Wildman–Crippen LogP) is 0.295. The molecule has 22 heavy (non-hydrogen) atoms. The maximum Gasteiger partial charge on any atom is 0.228 e. The fourth-order valence-electron chi connectivity index (χ4n) is 2.96. The van der Waals surface area contributed by atoms with E-state index in [0.717, 1.165) is 58.8 Å². The largest absolute Gasteiger partial charge is 0.384 e. The van der Waals surface area contributed by atoms with Crippen molar-refractivity contribution in [2.45, 2.75) is 12.8 Å². The Morgan fingerprint density at radius 2 is 1.91 bits per heavy atom. The lowest BCUT2D eigenvalue weighted by Gasteiger charge is -2.36. The van der Waals surface area contributed by atoms with Gasteiger partial charge in [0.1, 0.15) is 0 Å². The minimum atomic E-state index is -0.342. The zero-order valence-electron chi connectivity index (χ0n) is 13.3. The number of carbonyl (C=O) groups excluding carboxylic acids is 1. The molecular weight excluding hydrogens is 329 g/mol. The van der Waals surface area contributed by atoms with Gasteiger partial charge < -0.3 is 20.1 Å². The van der Waals surface area contributed by atoms with Crippen LogP contribution >= 0.6 is 24.8 Å². The van der Waals surface area contributed by atoms with Gasteiger partial charge in [-0.25, -0.2) is 0 Å². The van der Waals surface area contributed by atoms with Gasteiger partial charge in [0.2, 0.25) is 5.91 Å². The van der Waals surface area contributed by atoms with Crippen LogP contribution in [0.2, 0.25) is 0 Å². The highest BCUT2D eigenvalue weighted by Crippen LogP contribution is 2.29. The number of ether oxygens (including phenoxy) is 2. The highest BCUT2D eigenvalue weighted by atomic mass is 35.5. The van der Waals surface area contributed by atoms with Crippen molar-refractivity contribution in [1.29, 1.82) is 0 Å². The molecule has 0 bridgehead atoms. The summed E-state index contributed by atoms with van der Waals surface area (Å²) in [6.45, 7) is 7.42. The number of hydrogen-bond donors (Lipinski definition) is 2. The van der Waals surface area contributed by atoms with Gasteiger partial charge in [0, 0.05) is 33.3 Å². The van der Waals surface area contributed by atoms with Gasteiger partial charge in [-0.3, -0.25) is 9.69 Å². The Morgan fingerprint density at radius 1 is 1.27 bits per heavy atom. The first-order valence-electron chi connectivity index (χ1n) is 7.55. The van der Waals surface area contributed by atoms with Crippen LogP contribution in [0.5, 0.6) is 0 Å². The molecule has 6 nitrogen and oxygen atoms in total. The molecule has 0 unspecified atom stereocenters. The minimum Gasteiger partial charge on any atom is -0.384 e. The van der Waals surface area contributed by atoms with E-state index in [9.17, 15) is 4.79 Å². The van der Waals surface area contributed by atoms with Crippen LogP contribution in [0.1, 0.15) is 12.8 Å². The Morgan fingerprint density at radius 3 is 2.50 bits per heavy atom. The van der Waals surface area contributed by atoms with E-state index in [1.54, 1.807) is 7.11 Å². The van der Waals surface area contributed by atoms with E-state index in [0.29, 0.717) is 13.2 Å². The van der Waals surface area contributed by atoms with E-state index in [4.69, 9.17) is 9.47 Å². The normalized spacial score (nSPS) is 21.3. The molecule has 1 amide bonds. The number of hydrogen-bond acceptors (Lipinski definition) is 5. The number of methoxy groups -OCH3 is 1. The Bertz CT molecular complexity index is 304. The van der Waals surface area contributed by atoms with Crippen LogP contribution in [0.4, 0.5) is 0 Å². The number of rotatable bonds is 6. The number of nitrogens with zero attached hydrogens (tertiary/aromatic N) is 1. The quantitative estimate of drug-likeness (QED) is 0.715. The van der Waals surface area contributed by atoms with Crippen molar-refractivity contribution in [2.75, 3.05) is 66.2 Å². The lowest BCUT2D eigenvalue weighted by atomic mass is 9.78. The smallest absolute Gasteiger partial charge is 0.228 e. The topological polar surface area (TPSA) is 62.8 Å². The van der Waals surface area contributed by atoms with Gasteiger partial charge in [0.05, 0.1) is 25.2 Å². The van der Waals surface area contributed by atoms with Crippen LogP contribution in [-0.2, 0) is 14.3 Å². The molecule has 0 spiro atoms. The minimum absolute atomic E-state index is 0. The second kappa shape index (κ2) is 11.4. The summed E-state index contributed by atoms with van der Waals surface area (Å²) >= 11 is 0. The number of amides is 1. The first-order valence-corrected chi connectivity index (χ1v) is 7.55. The van der Waals surface area contributed by atoms with Crippen molar-refractivity contribution in [1.82, 2.24) is 15.5 Å². The zero-order valence-corrected chi connectivity index (χ0v) is 14.9. The highest BCUT2D eigenvalue weighted by Gasteiger charge is 2.39. The SMILES string of the molecule is COCC1(C(=O)NCCN2CCOCC2)CCNCC1.Cl.Cl. The van der Waals surface area contributed by atoms with Gasteiger partial charge in [-0.05, 0) is 25.9 Å². The second-order valence-corrected chi connectivity index (χ2v) is 5.67. The Hall–Kier alpha value is -0.110. The zero-order chi connectivity index (χ0) is 14.3. The fraction of sp³-hybridized carbons (Fsp3) is 0.929. The summed E-state index contributed by atoms with van der Waals surface area (Å²) in [7, 11) is 1.67. The van der Waals surface area contributed by atoms with Crippen molar-refractivity contribution in [3.05, 3.63) is 0 Å². The van der Waals surface area contributed by atoms with Gasteiger partial charge in [-0.1, -0.05) is 0 Å². The van der Waals surface area contributed by atoms with E-state index in [-0.39, 0.29) is 36.1 Å². The summed E-state index contributed by atoms with van der Waals surface area (Å²) in [5, 5.41) is 6.40. The molecule has 132 valence electrons. The van der Waals surface area contributed by atoms with Gasteiger partial charge >= 0.3 is 0 Å². The standard InChI is InChI=1S/C14H27N3O3.2ClH/c1-19-12-14(2-4-15-5-3-14)13(18)16-6-7-17-8-10-20-11-9-17;;/h15H,2-12H2,1H3,(H,16,18);2*1H. The summed E-state index contributed by atoms with van der Waals surface area (Å²) in [6.07, 6.45) is 1.70. The molecule has 2 fully saturated rings. The van der Waals surface area contributed by atoms with Crippen molar-refractivity contribution in [3.8, 4) is 0 Å². The monoisotopic (exact) mass is 357 g/mol. The van der Waals surface area contributed by atoms with Gasteiger partial charge in [0.25, 0.3) is 0 Å². The summed E-state index contributed by atoms with van der Waals surface area (Å²) in [6, 6.07) is 0. The Labute approximate surface area is 145 Å². The van der Waals surface area contributed by atoms with Gasteiger partial charge in [-0.2, -0.15) is 0 Å². The van der Waals surface area contributed by atoms with Crippen molar-refractivity contribution >= 4 is 30.7 Å². The molecule has 2 rings (SSSR count). The average Bonchev–Trinajstić information content (AvgIpc) is 2.49. The van der Waals surface area contributed by atoms with Crippen LogP contribution in [0.3, 0.4) is 0 Å². The molecule has 0 atom stereocenters. The highest BCUT2D eigenvalue weighted by molar-refractivity contribution is 5.85. The lowest BCUT2D eigenvalue weighted by Crippen LogP contribution is -2.51. The molecule has 0 aromatic carbocycles. The molecule has 2 saturated heterocycles. The first kappa shape index (κ1) is 21.9. The molecule has 0 aromatic heterocycles. The molecule has 2 heterocycles. The molecule has 0 aromatic rings. The molecule has 2 aliphatic heterocycles. The van der Waals surface area contributed by atoms with Crippen molar-refractivity contribution in [3.63, 3.8) is 0 Å². The van der Waals surface area contributed by atoms with Crippen LogP contribution in [0, 0.1) is 5.41 Å². The summed E-state index contributed by atoms with van der Waals surface area (Å²) in [5.41, 5.74) is -0.342. The third-order valence-corrected chi connectivity index (χ3v) is 4.28. The van der Waals surface area contributed by atoms with Crippen LogP contribution in [0.25, 0.3) is 0 Å². The molecule has 8 heteroatoms. The molecular formula is C14H29Cl2N3O3.